The summed E-state index contributed by atoms with van der Waals surface area (Å²) in [5, 5.41) is 163. The van der Waals surface area contributed by atoms with Crippen LogP contribution in [-0.4, -0.2) is 276 Å². The van der Waals surface area contributed by atoms with Crippen LogP contribution in [0.4, 0.5) is 0 Å². The zero-order valence-corrected chi connectivity index (χ0v) is 50.3. The van der Waals surface area contributed by atoms with Crippen molar-refractivity contribution in [1.29, 1.82) is 0 Å². The van der Waals surface area contributed by atoms with Crippen LogP contribution in [0.15, 0.2) is 11.6 Å². The summed E-state index contributed by atoms with van der Waals surface area (Å²) in [6, 6.07) is 0. The van der Waals surface area contributed by atoms with Crippen LogP contribution in [0.25, 0.3) is 0 Å². The van der Waals surface area contributed by atoms with Gasteiger partial charge in [-0.2, -0.15) is 0 Å². The maximum absolute atomic E-state index is 14.9. The fraction of sp³-hybridized carbons (Fsp3) is 0.932. The summed E-state index contributed by atoms with van der Waals surface area (Å²) in [7, 11) is 1.34. The largest absolute Gasteiger partial charge is 0.469 e. The average Bonchev–Trinajstić information content (AvgIpc) is 0.685. The van der Waals surface area contributed by atoms with Gasteiger partial charge >= 0.3 is 11.9 Å². The Balaban J connectivity index is 0.863. The lowest BCUT2D eigenvalue weighted by Crippen LogP contribution is -2.67. The van der Waals surface area contributed by atoms with Crippen LogP contribution < -0.4 is 0 Å². The van der Waals surface area contributed by atoms with Gasteiger partial charge in [-0.25, -0.2) is 0 Å². The van der Waals surface area contributed by atoms with E-state index in [2.05, 4.69) is 26.8 Å². The fourth-order valence-electron chi connectivity index (χ4n) is 17.6. The summed E-state index contributed by atoms with van der Waals surface area (Å²) in [6.45, 7) is 9.12. The molecule has 0 aromatic carbocycles. The summed E-state index contributed by atoms with van der Waals surface area (Å²) in [5.41, 5.74) is -3.41. The number of aliphatic hydroxyl groups is 15. The van der Waals surface area contributed by atoms with E-state index >= 15 is 0 Å². The van der Waals surface area contributed by atoms with Crippen LogP contribution in [-0.2, 0) is 61.7 Å². The number of allylic oxidation sites excluding steroid dienone is 2. The van der Waals surface area contributed by atoms with Gasteiger partial charge in [-0.05, 0) is 112 Å². The first kappa shape index (κ1) is 67.6. The Kier molecular flexibility index (Phi) is 19.6. The smallest absolute Gasteiger partial charge is 0.315 e. The van der Waals surface area contributed by atoms with Crippen LogP contribution in [0.1, 0.15) is 106 Å². The number of carbonyl (C=O) groups excluding carboxylic acids is 2. The van der Waals surface area contributed by atoms with E-state index in [0.717, 1.165) is 5.57 Å². The lowest BCUT2D eigenvalue weighted by molar-refractivity contribution is -0.395. The van der Waals surface area contributed by atoms with Crippen LogP contribution in [0.2, 0.25) is 0 Å². The van der Waals surface area contributed by atoms with Crippen molar-refractivity contribution in [2.45, 2.75) is 253 Å². The van der Waals surface area contributed by atoms with Crippen molar-refractivity contribution in [3.05, 3.63) is 11.6 Å². The van der Waals surface area contributed by atoms with Crippen molar-refractivity contribution < 1.29 is 138 Å². The lowest BCUT2D eigenvalue weighted by Gasteiger charge is -2.71. The van der Waals surface area contributed by atoms with Crippen molar-refractivity contribution in [3.63, 3.8) is 0 Å². The number of esters is 2. The molecule has 4 saturated carbocycles. The Hall–Kier alpha value is -2.28. The SMILES string of the molecule is COC(=O)[C@@]1(C)CC[C@]2(C(=O)O[C@@H]3O[C@H](CO)[C@@H](O)[C@H](O)[C@H]3O)CC[C@]3(C)C(=CC[C@@H]4[C@@]5(C)CC[C@H](O[C@@H]6OC[C@@H](O)[C@H](O[C@@H]7OC[C@@H](O)[C@H](O)[C@H]7O[C@@H]7O[C@H](CO)[C@@H](O)[C@H](O)[C@H]7O[C@@H]7O[C@@H](C)[C@H](O)[C@@H](O)[C@H]7O)[C@H]6O)[C@@](C)(CO)[C@@H]5CC[C@]43C)[C@@H]2C1. The second kappa shape index (κ2) is 25.2. The highest BCUT2D eigenvalue weighted by Gasteiger charge is 2.71. The predicted molar refractivity (Wildman–Crippen MR) is 290 cm³/mol. The average molecular weight is 1250 g/mol. The van der Waals surface area contributed by atoms with Gasteiger partial charge < -0.3 is 129 Å². The quantitative estimate of drug-likeness (QED) is 0.0451. The molecule has 9 fully saturated rings. The molecule has 5 heterocycles. The Morgan fingerprint density at radius 1 is 0.552 bits per heavy atom. The molecule has 0 amide bonds. The highest BCUT2D eigenvalue weighted by molar-refractivity contribution is 5.81. The second-order valence-corrected chi connectivity index (χ2v) is 27.9. The maximum Gasteiger partial charge on any atom is 0.315 e. The number of rotatable bonds is 14. The van der Waals surface area contributed by atoms with Crippen molar-refractivity contribution in [2.24, 2.45) is 50.2 Å². The van der Waals surface area contributed by atoms with Gasteiger partial charge in [0.1, 0.15) is 104 Å². The zero-order chi connectivity index (χ0) is 63.4. The lowest BCUT2D eigenvalue weighted by atomic mass is 9.33. The standard InChI is InChI=1S/C59H94O28/c1-24-34(65)38(69)41(72)48(80-24)85-46-40(71)37(68)30(20-61)82-51(46)86-45-35(66)27(63)21-79-50(45)84-44-28(64)22-78-47(43(44)74)83-33-11-12-55(3)31(56(33,4)23-62)10-13-58(6)32(55)9-8-25-26-18-54(2,52(75)77-7)14-16-59(26,17-15-57(25,58)5)53(76)87-49-42(73)39(70)36(67)29(19-60)81-49/h8,24,26-51,60-74H,9-23H2,1-7H3/t24-,26-,27+,28+,29+,30+,31+,32+,33-,34-,35-,36+,37+,38+,39-,40-,41+,42+,43+,44-,45+,46+,47-,48-,49-,50-,51-,54-,55-,56-,57+,58+,59-/m0/s1. The van der Waals surface area contributed by atoms with Crippen LogP contribution >= 0.6 is 0 Å². The molecule has 15 N–H and O–H groups in total. The first-order valence-corrected chi connectivity index (χ1v) is 30.7. The molecular weight excluding hydrogens is 1160 g/mol. The van der Waals surface area contributed by atoms with E-state index < -0.39 is 224 Å². The molecular formula is C59H94O28. The zero-order valence-electron chi connectivity index (χ0n) is 50.3. The third kappa shape index (κ3) is 11.2. The minimum atomic E-state index is -1.95. The van der Waals surface area contributed by atoms with E-state index in [1.807, 2.05) is 13.8 Å². The normalized spacial score (nSPS) is 54.4. The molecule has 5 aliphatic carbocycles. The number of ether oxygens (including phenoxy) is 11. The highest BCUT2D eigenvalue weighted by atomic mass is 16.8. The van der Waals surface area contributed by atoms with E-state index in [-0.39, 0.29) is 31.3 Å². The summed E-state index contributed by atoms with van der Waals surface area (Å²) in [6.07, 6.45) is -32.5. The Morgan fingerprint density at radius 2 is 1.14 bits per heavy atom. The molecule has 5 saturated heterocycles. The van der Waals surface area contributed by atoms with Gasteiger partial charge in [0.25, 0.3) is 0 Å². The van der Waals surface area contributed by atoms with Crippen molar-refractivity contribution in [3.8, 4) is 0 Å². The molecule has 0 unspecified atom stereocenters. The van der Waals surface area contributed by atoms with Gasteiger partial charge in [0, 0.05) is 5.41 Å². The molecule has 10 rings (SSSR count). The van der Waals surface area contributed by atoms with Gasteiger partial charge in [-0.3, -0.25) is 9.59 Å². The van der Waals surface area contributed by atoms with E-state index in [9.17, 15) is 86.2 Å². The fourth-order valence-corrected chi connectivity index (χ4v) is 17.6. The second-order valence-electron chi connectivity index (χ2n) is 27.9. The van der Waals surface area contributed by atoms with Gasteiger partial charge in [-0.1, -0.05) is 39.3 Å². The van der Waals surface area contributed by atoms with Crippen molar-refractivity contribution >= 4 is 11.9 Å². The van der Waals surface area contributed by atoms with E-state index in [1.165, 1.54) is 14.0 Å². The minimum absolute atomic E-state index is 0.0268. The molecule has 498 valence electrons. The summed E-state index contributed by atoms with van der Waals surface area (Å²) in [5.74, 6) is -1.74. The Labute approximate surface area is 504 Å². The molecule has 0 radical (unpaired) electrons. The van der Waals surface area contributed by atoms with Gasteiger partial charge in [0.2, 0.25) is 6.29 Å². The maximum atomic E-state index is 14.9. The molecule has 28 nitrogen and oxygen atoms in total. The van der Waals surface area contributed by atoms with Crippen molar-refractivity contribution in [1.82, 2.24) is 0 Å². The number of methoxy groups -OCH3 is 1. The molecule has 0 aromatic heterocycles. The third-order valence-corrected chi connectivity index (χ3v) is 23.3. The predicted octanol–water partition coefficient (Wildman–Crippen LogP) is -3.78. The summed E-state index contributed by atoms with van der Waals surface area (Å²) < 4.78 is 65.0. The van der Waals surface area contributed by atoms with Gasteiger partial charge in [0.05, 0.1) is 63.2 Å². The number of hydrogen-bond acceptors (Lipinski definition) is 28. The van der Waals surface area contributed by atoms with Crippen LogP contribution in [0.5, 0.6) is 0 Å². The number of carbonyl (C=O) groups is 2. The molecule has 87 heavy (non-hydrogen) atoms. The molecule has 5 aliphatic heterocycles. The number of hydrogen-bond donors (Lipinski definition) is 15. The van der Waals surface area contributed by atoms with Crippen LogP contribution in [0, 0.1) is 50.2 Å². The molecule has 10 aliphatic rings. The summed E-state index contributed by atoms with van der Waals surface area (Å²) in [4.78, 5) is 28.5. The van der Waals surface area contributed by atoms with Gasteiger partial charge in [0.15, 0.2) is 25.2 Å². The topological polar surface area (TPSA) is 439 Å². The van der Waals surface area contributed by atoms with E-state index in [4.69, 9.17) is 52.1 Å². The molecule has 33 atom stereocenters. The minimum Gasteiger partial charge on any atom is -0.469 e. The van der Waals surface area contributed by atoms with Gasteiger partial charge in [-0.15, -0.1) is 0 Å². The van der Waals surface area contributed by atoms with E-state index in [0.29, 0.717) is 51.4 Å². The first-order valence-electron chi connectivity index (χ1n) is 30.7. The number of aliphatic hydroxyl groups excluding tert-OH is 15. The van der Waals surface area contributed by atoms with E-state index in [1.54, 1.807) is 0 Å². The molecule has 0 aromatic rings. The molecule has 28 heteroatoms. The molecule has 0 bridgehead atoms. The highest BCUT2D eigenvalue weighted by Crippen LogP contribution is 2.76. The summed E-state index contributed by atoms with van der Waals surface area (Å²) >= 11 is 0. The Morgan fingerprint density at radius 3 is 1.80 bits per heavy atom. The monoisotopic (exact) mass is 1250 g/mol. The van der Waals surface area contributed by atoms with Crippen molar-refractivity contribution in [2.75, 3.05) is 40.1 Å². The first-order chi connectivity index (χ1) is 40.9. The molecule has 0 spiro atoms. The Bertz CT molecular complexity index is 2460. The third-order valence-electron chi connectivity index (χ3n) is 23.3. The number of fused-ring (bicyclic) bond motifs is 7. The van der Waals surface area contributed by atoms with Crippen LogP contribution in [0.3, 0.4) is 0 Å².